The van der Waals surface area contributed by atoms with Crippen LogP contribution in [0, 0.1) is 0 Å². The van der Waals surface area contributed by atoms with Gasteiger partial charge in [0.1, 0.15) is 0 Å². The Hall–Kier alpha value is -1.96. The number of carbonyl (C=O) groups excluding carboxylic acids is 2. The van der Waals surface area contributed by atoms with Gasteiger partial charge >= 0.3 is 0 Å². The molecule has 2 aliphatic rings. The molecule has 0 unspecified atom stereocenters. The van der Waals surface area contributed by atoms with Gasteiger partial charge in [0.25, 0.3) is 0 Å². The molecule has 2 aliphatic carbocycles. The van der Waals surface area contributed by atoms with E-state index in [9.17, 15) is 9.59 Å². The van der Waals surface area contributed by atoms with Crippen LogP contribution in [0.4, 0.5) is 0 Å². The predicted octanol–water partition coefficient (Wildman–Crippen LogP) is 2.17. The minimum absolute atomic E-state index is 0.337. The fraction of sp³-hybridized carbons (Fsp3) is 0. The Bertz CT molecular complexity index is 460. The molecule has 0 saturated carbocycles. The van der Waals surface area contributed by atoms with E-state index in [1.807, 2.05) is 24.3 Å². The molecule has 68 valence electrons. The van der Waals surface area contributed by atoms with Crippen LogP contribution < -0.4 is 0 Å². The number of rotatable bonds is 2. The van der Waals surface area contributed by atoms with Crippen LogP contribution in [0.15, 0.2) is 42.5 Å². The summed E-state index contributed by atoms with van der Waals surface area (Å²) in [6.07, 6.45) is 0.337. The molecule has 0 bridgehead atoms. The molecule has 0 aliphatic heterocycles. The van der Waals surface area contributed by atoms with E-state index in [4.69, 9.17) is 0 Å². The van der Waals surface area contributed by atoms with E-state index in [0.717, 1.165) is 11.1 Å². The zero-order valence-corrected chi connectivity index (χ0v) is 7.44. The summed E-state index contributed by atoms with van der Waals surface area (Å²) < 4.78 is 0. The fourth-order valence-corrected chi connectivity index (χ4v) is 1.42. The molecule has 0 aromatic rings. The van der Waals surface area contributed by atoms with Gasteiger partial charge < -0.3 is 0 Å². The lowest BCUT2D eigenvalue weighted by Gasteiger charge is -1.90. The summed E-state index contributed by atoms with van der Waals surface area (Å²) in [6, 6.07) is 12.9. The number of carbonyl (C=O) groups is 2. The minimum Gasteiger partial charge on any atom is -0.294 e. The van der Waals surface area contributed by atoms with Crippen molar-refractivity contribution in [3.63, 3.8) is 0 Å². The lowest BCUT2D eigenvalue weighted by Crippen LogP contribution is -1.97. The topological polar surface area (TPSA) is 34.1 Å². The van der Waals surface area contributed by atoms with Crippen molar-refractivity contribution in [3.05, 3.63) is 48.0 Å². The molecule has 2 heteroatoms. The Balaban J connectivity index is 2.59. The molecule has 0 amide bonds. The molecule has 14 heavy (non-hydrogen) atoms. The van der Waals surface area contributed by atoms with Gasteiger partial charge in [-0.25, -0.2) is 0 Å². The van der Waals surface area contributed by atoms with Gasteiger partial charge in [-0.1, -0.05) is 36.4 Å². The Morgan fingerprint density at radius 1 is 1.00 bits per heavy atom. The Labute approximate surface area is 81.5 Å². The summed E-state index contributed by atoms with van der Waals surface area (Å²) in [6.45, 7) is 0. The zero-order valence-electron chi connectivity index (χ0n) is 7.44. The quantitative estimate of drug-likeness (QED) is 0.407. The molecule has 2 rings (SSSR count). The number of Topliss-reactive ketones (excluding diaryl/α,β-unsaturated/α-hetero) is 1. The first kappa shape index (κ1) is 8.63. The Kier molecular flexibility index (Phi) is 2.11. The van der Waals surface area contributed by atoms with Crippen molar-refractivity contribution in [1.29, 1.82) is 0 Å². The monoisotopic (exact) mass is 184 g/mol. The summed E-state index contributed by atoms with van der Waals surface area (Å²) >= 11 is 0. The summed E-state index contributed by atoms with van der Waals surface area (Å²) in [5.41, 5.74) is 2.47. The van der Waals surface area contributed by atoms with Gasteiger partial charge in [0.15, 0.2) is 6.29 Å². The second-order valence-electron chi connectivity index (χ2n) is 3.04. The molecule has 0 radical (unpaired) electrons. The van der Waals surface area contributed by atoms with Gasteiger partial charge in [-0.05, 0) is 17.2 Å². The van der Waals surface area contributed by atoms with E-state index < -0.39 is 5.78 Å². The van der Waals surface area contributed by atoms with Crippen LogP contribution in [-0.2, 0) is 4.79 Å². The molecule has 0 atom stereocenters. The van der Waals surface area contributed by atoms with Gasteiger partial charge in [-0.15, -0.1) is 0 Å². The summed E-state index contributed by atoms with van der Waals surface area (Å²) in [7, 11) is 0. The van der Waals surface area contributed by atoms with E-state index in [1.165, 1.54) is 0 Å². The molecule has 0 N–H and O–H groups in total. The third-order valence-corrected chi connectivity index (χ3v) is 2.14. The maximum Gasteiger partial charge on any atom is 0.225 e. The molecule has 0 fully saturated rings. The molecule has 0 heterocycles. The number of ketones is 1. The third-order valence-electron chi connectivity index (χ3n) is 2.14. The van der Waals surface area contributed by atoms with Crippen molar-refractivity contribution >= 4 is 12.1 Å². The van der Waals surface area contributed by atoms with Crippen LogP contribution in [0.3, 0.4) is 0 Å². The van der Waals surface area contributed by atoms with Gasteiger partial charge in [-0.2, -0.15) is 0 Å². The van der Waals surface area contributed by atoms with E-state index in [-0.39, 0.29) is 0 Å². The van der Waals surface area contributed by atoms with E-state index in [2.05, 4.69) is 0 Å². The first-order valence-electron chi connectivity index (χ1n) is 4.29. The molecule has 0 spiro atoms. The largest absolute Gasteiger partial charge is 0.294 e. The maximum atomic E-state index is 11.1. The average Bonchev–Trinajstić information content (AvgIpc) is 2.54. The van der Waals surface area contributed by atoms with Gasteiger partial charge in [0.05, 0.1) is 0 Å². The molecule has 0 saturated heterocycles. The van der Waals surface area contributed by atoms with Gasteiger partial charge in [0, 0.05) is 5.56 Å². The van der Waals surface area contributed by atoms with Crippen molar-refractivity contribution < 1.29 is 9.59 Å². The van der Waals surface area contributed by atoms with Crippen LogP contribution in [0.5, 0.6) is 0 Å². The number of aldehydes is 1. The Morgan fingerprint density at radius 2 is 1.64 bits per heavy atom. The van der Waals surface area contributed by atoms with Crippen molar-refractivity contribution in [2.24, 2.45) is 0 Å². The highest BCUT2D eigenvalue weighted by molar-refractivity contribution is 6.33. The van der Waals surface area contributed by atoms with Crippen molar-refractivity contribution in [3.8, 4) is 11.1 Å². The lowest BCUT2D eigenvalue weighted by atomic mass is 10.1. The summed E-state index contributed by atoms with van der Waals surface area (Å²) in [5, 5.41) is 0. The standard InChI is InChI=1S/C12H8O2/c13-8-12(14)11-6-2-4-9-3-1-5-10(9)7-11/h1-8H. The highest BCUT2D eigenvalue weighted by atomic mass is 16.2. The van der Waals surface area contributed by atoms with Crippen LogP contribution in [0.1, 0.15) is 10.4 Å². The van der Waals surface area contributed by atoms with Crippen molar-refractivity contribution in [2.45, 2.75) is 0 Å². The second-order valence-corrected chi connectivity index (χ2v) is 3.04. The molecular weight excluding hydrogens is 176 g/mol. The second kappa shape index (κ2) is 3.42. The molecular formula is C12H8O2. The number of fused-ring (bicyclic) bond motifs is 1. The molecule has 2 nitrogen and oxygen atoms in total. The fourth-order valence-electron chi connectivity index (χ4n) is 1.42. The SMILES string of the molecule is O=CC(=O)c1cccc2cccc-2c1. The smallest absolute Gasteiger partial charge is 0.225 e. The van der Waals surface area contributed by atoms with Gasteiger partial charge in [0.2, 0.25) is 5.78 Å². The highest BCUT2D eigenvalue weighted by Crippen LogP contribution is 2.22. The van der Waals surface area contributed by atoms with Crippen LogP contribution in [-0.4, -0.2) is 12.1 Å². The first-order valence-corrected chi connectivity index (χ1v) is 4.29. The molecule has 0 aromatic heterocycles. The van der Waals surface area contributed by atoms with Crippen LogP contribution in [0.2, 0.25) is 0 Å². The van der Waals surface area contributed by atoms with Crippen molar-refractivity contribution in [1.82, 2.24) is 0 Å². The number of hydrogen-bond donors (Lipinski definition) is 0. The van der Waals surface area contributed by atoms with E-state index >= 15 is 0 Å². The highest BCUT2D eigenvalue weighted by Gasteiger charge is 2.05. The maximum absolute atomic E-state index is 11.1. The van der Waals surface area contributed by atoms with E-state index in [1.54, 1.807) is 18.2 Å². The molecule has 0 aromatic carbocycles. The number of hydrogen-bond acceptors (Lipinski definition) is 2. The normalized spacial score (nSPS) is 10.0. The summed E-state index contributed by atoms with van der Waals surface area (Å²) in [4.78, 5) is 21.5. The average molecular weight is 184 g/mol. The van der Waals surface area contributed by atoms with Gasteiger partial charge in [-0.3, -0.25) is 9.59 Å². The summed E-state index contributed by atoms with van der Waals surface area (Å²) in [5.74, 6) is -0.483. The third kappa shape index (κ3) is 1.42. The van der Waals surface area contributed by atoms with E-state index in [0.29, 0.717) is 11.8 Å². The van der Waals surface area contributed by atoms with Crippen LogP contribution in [0.25, 0.3) is 11.1 Å². The predicted molar refractivity (Wildman–Crippen MR) is 53.5 cm³/mol. The zero-order chi connectivity index (χ0) is 9.97. The van der Waals surface area contributed by atoms with Crippen molar-refractivity contribution in [2.75, 3.05) is 0 Å². The Morgan fingerprint density at radius 3 is 2.36 bits per heavy atom. The first-order chi connectivity index (χ1) is 6.81. The van der Waals surface area contributed by atoms with Crippen LogP contribution >= 0.6 is 0 Å². The lowest BCUT2D eigenvalue weighted by molar-refractivity contribution is -0.104. The minimum atomic E-state index is -0.483.